The maximum Gasteiger partial charge on any atom is 0.415 e. The van der Waals surface area contributed by atoms with Crippen LogP contribution in [-0.4, -0.2) is 103 Å². The highest BCUT2D eigenvalue weighted by molar-refractivity contribution is 5.95. The number of nitrogens with zero attached hydrogens (tertiary/aromatic N) is 5. The van der Waals surface area contributed by atoms with Crippen molar-refractivity contribution < 1.29 is 23.8 Å². The number of rotatable bonds is 13. The molecule has 2 fully saturated rings. The Balaban J connectivity index is 1.12. The van der Waals surface area contributed by atoms with Gasteiger partial charge in [-0.1, -0.05) is 17.7 Å². The molecule has 1 unspecified atom stereocenters. The zero-order valence-corrected chi connectivity index (χ0v) is 28.2. The number of hydrogen-bond acceptors (Lipinski definition) is 12. The molecule has 4 heterocycles. The third kappa shape index (κ3) is 9.99. The lowest BCUT2D eigenvalue weighted by atomic mass is 10.1. The average molecular weight is 662 g/mol. The Morgan fingerprint density at radius 2 is 1.83 bits per heavy atom. The molecule has 14 nitrogen and oxygen atoms in total. The summed E-state index contributed by atoms with van der Waals surface area (Å²) in [5.41, 5.74) is 2.34. The Morgan fingerprint density at radius 1 is 1.04 bits per heavy atom. The summed E-state index contributed by atoms with van der Waals surface area (Å²) in [6.45, 7) is 9.70. The zero-order chi connectivity index (χ0) is 33.9. The van der Waals surface area contributed by atoms with E-state index in [1.807, 2.05) is 39.0 Å². The highest BCUT2D eigenvalue weighted by Gasteiger charge is 2.28. The number of amides is 2. The molecule has 2 amide bonds. The van der Waals surface area contributed by atoms with Crippen molar-refractivity contribution in [1.82, 2.24) is 25.2 Å². The van der Waals surface area contributed by atoms with Gasteiger partial charge in [0.15, 0.2) is 0 Å². The molecule has 1 aromatic carbocycles. The van der Waals surface area contributed by atoms with Crippen molar-refractivity contribution in [2.75, 3.05) is 73.9 Å². The van der Waals surface area contributed by atoms with Crippen LogP contribution < -0.4 is 30.9 Å². The van der Waals surface area contributed by atoms with Crippen LogP contribution in [0.3, 0.4) is 0 Å². The van der Waals surface area contributed by atoms with E-state index in [4.69, 9.17) is 19.2 Å². The van der Waals surface area contributed by atoms with Crippen molar-refractivity contribution in [3.05, 3.63) is 54.4 Å². The fourth-order valence-electron chi connectivity index (χ4n) is 5.64. The van der Waals surface area contributed by atoms with Crippen molar-refractivity contribution >= 4 is 41.0 Å². The molecular weight excluding hydrogens is 614 g/mol. The lowest BCUT2D eigenvalue weighted by molar-refractivity contribution is -0.120. The molecule has 48 heavy (non-hydrogen) atoms. The second-order valence-electron chi connectivity index (χ2n) is 12.3. The standard InChI is InChI=1S/C34H47N9O5/c1-23(2)38-28-19-31(40-30-9-13-36-33(41-30)42-15-10-26(46-4)11-16-42)37-21-29(28)39-32(44)22-47-18-12-25-20-35-14-17-43(25)34(45)48-27-7-5-24(3)6-8-27/h5-9,13,19,21,23,25-26,35H,10-12,14-18,20,22H2,1-4H3,(H,39,44)(H2,36,37,38,40,41). The van der Waals surface area contributed by atoms with Gasteiger partial charge in [-0.3, -0.25) is 4.79 Å². The van der Waals surface area contributed by atoms with Crippen molar-refractivity contribution in [2.45, 2.75) is 58.2 Å². The van der Waals surface area contributed by atoms with Crippen LogP contribution in [0.2, 0.25) is 0 Å². The lowest BCUT2D eigenvalue weighted by Crippen LogP contribution is -2.54. The third-order valence-corrected chi connectivity index (χ3v) is 8.22. The molecule has 2 aromatic heterocycles. The number of anilines is 5. The molecule has 0 spiro atoms. The molecule has 2 saturated heterocycles. The molecule has 2 aliphatic heterocycles. The molecular formula is C34H47N9O5. The summed E-state index contributed by atoms with van der Waals surface area (Å²) in [6.07, 6.45) is 5.65. The van der Waals surface area contributed by atoms with Crippen LogP contribution in [0.4, 0.5) is 33.8 Å². The minimum atomic E-state index is -0.387. The molecule has 5 rings (SSSR count). The quantitative estimate of drug-likeness (QED) is 0.194. The number of ether oxygens (including phenoxy) is 3. The Labute approximate surface area is 282 Å². The summed E-state index contributed by atoms with van der Waals surface area (Å²) < 4.78 is 16.8. The van der Waals surface area contributed by atoms with Gasteiger partial charge in [-0.15, -0.1) is 0 Å². The number of benzene rings is 1. The number of piperidine rings is 1. The highest BCUT2D eigenvalue weighted by atomic mass is 16.6. The second-order valence-corrected chi connectivity index (χ2v) is 12.3. The van der Waals surface area contributed by atoms with E-state index < -0.39 is 0 Å². The number of methoxy groups -OCH3 is 1. The molecule has 1 atom stereocenters. The second kappa shape index (κ2) is 17.0. The summed E-state index contributed by atoms with van der Waals surface area (Å²) in [5, 5.41) is 12.9. The monoisotopic (exact) mass is 661 g/mol. The van der Waals surface area contributed by atoms with Crippen LogP contribution in [0.25, 0.3) is 0 Å². The number of carbonyl (C=O) groups is 2. The Bertz CT molecular complexity index is 1500. The van der Waals surface area contributed by atoms with Gasteiger partial charge in [0.2, 0.25) is 11.9 Å². The Hall–Kier alpha value is -4.53. The number of carbonyl (C=O) groups excluding carboxylic acids is 2. The van der Waals surface area contributed by atoms with Crippen LogP contribution in [-0.2, 0) is 14.3 Å². The molecule has 4 N–H and O–H groups in total. The van der Waals surface area contributed by atoms with Crippen molar-refractivity contribution in [2.24, 2.45) is 0 Å². The van der Waals surface area contributed by atoms with E-state index in [2.05, 4.69) is 36.1 Å². The predicted octanol–water partition coefficient (Wildman–Crippen LogP) is 4.18. The first kappa shape index (κ1) is 34.8. The van der Waals surface area contributed by atoms with Gasteiger partial charge in [0.05, 0.1) is 23.7 Å². The van der Waals surface area contributed by atoms with E-state index >= 15 is 0 Å². The van der Waals surface area contributed by atoms with Gasteiger partial charge in [0.1, 0.15) is 24.0 Å². The summed E-state index contributed by atoms with van der Waals surface area (Å²) in [5.74, 6) is 2.06. The zero-order valence-electron chi connectivity index (χ0n) is 28.2. The maximum absolute atomic E-state index is 12.9. The Kier molecular flexibility index (Phi) is 12.4. The maximum atomic E-state index is 12.9. The van der Waals surface area contributed by atoms with Gasteiger partial charge < -0.3 is 45.3 Å². The number of pyridine rings is 1. The van der Waals surface area contributed by atoms with Crippen molar-refractivity contribution in [1.29, 1.82) is 0 Å². The molecule has 3 aromatic rings. The first-order valence-electron chi connectivity index (χ1n) is 16.5. The van der Waals surface area contributed by atoms with Crippen LogP contribution in [0.15, 0.2) is 48.8 Å². The molecule has 0 radical (unpaired) electrons. The van der Waals surface area contributed by atoms with Gasteiger partial charge in [-0.25, -0.2) is 14.8 Å². The van der Waals surface area contributed by atoms with Gasteiger partial charge in [-0.05, 0) is 58.2 Å². The van der Waals surface area contributed by atoms with E-state index in [0.29, 0.717) is 67.4 Å². The molecule has 0 bridgehead atoms. The average Bonchev–Trinajstić information content (AvgIpc) is 3.09. The summed E-state index contributed by atoms with van der Waals surface area (Å²) in [4.78, 5) is 43.3. The van der Waals surface area contributed by atoms with Crippen molar-refractivity contribution in [3.63, 3.8) is 0 Å². The van der Waals surface area contributed by atoms with Gasteiger partial charge in [0, 0.05) is 70.8 Å². The first-order valence-corrected chi connectivity index (χ1v) is 16.5. The van der Waals surface area contributed by atoms with E-state index in [9.17, 15) is 9.59 Å². The molecule has 0 saturated carbocycles. The molecule has 258 valence electrons. The van der Waals surface area contributed by atoms with Crippen LogP contribution in [0, 0.1) is 6.92 Å². The van der Waals surface area contributed by atoms with E-state index in [1.54, 1.807) is 42.6 Å². The summed E-state index contributed by atoms with van der Waals surface area (Å²) in [6, 6.07) is 11.0. The molecule has 14 heteroatoms. The number of aromatic nitrogens is 3. The smallest absolute Gasteiger partial charge is 0.410 e. The number of hydrogen-bond donors (Lipinski definition) is 4. The fraction of sp³-hybridized carbons (Fsp3) is 0.500. The molecule has 0 aliphatic carbocycles. The van der Waals surface area contributed by atoms with Gasteiger partial charge in [-0.2, -0.15) is 4.98 Å². The Morgan fingerprint density at radius 3 is 2.58 bits per heavy atom. The van der Waals surface area contributed by atoms with Gasteiger partial charge in [0.25, 0.3) is 0 Å². The van der Waals surface area contributed by atoms with Crippen LogP contribution >= 0.6 is 0 Å². The highest BCUT2D eigenvalue weighted by Crippen LogP contribution is 2.27. The largest absolute Gasteiger partial charge is 0.415 e. The van der Waals surface area contributed by atoms with E-state index in [1.165, 1.54) is 0 Å². The van der Waals surface area contributed by atoms with Crippen LogP contribution in [0.5, 0.6) is 5.75 Å². The fourth-order valence-corrected chi connectivity index (χ4v) is 5.64. The first-order chi connectivity index (χ1) is 23.3. The minimum Gasteiger partial charge on any atom is -0.410 e. The normalized spacial score (nSPS) is 16.9. The van der Waals surface area contributed by atoms with E-state index in [0.717, 1.165) is 31.5 Å². The molecule has 2 aliphatic rings. The van der Waals surface area contributed by atoms with E-state index in [-0.39, 0.29) is 36.8 Å². The number of nitrogens with one attached hydrogen (secondary N) is 4. The third-order valence-electron chi connectivity index (χ3n) is 8.22. The minimum absolute atomic E-state index is 0.109. The van der Waals surface area contributed by atoms with Crippen molar-refractivity contribution in [3.8, 4) is 5.75 Å². The topological polar surface area (TPSA) is 155 Å². The van der Waals surface area contributed by atoms with Gasteiger partial charge >= 0.3 is 6.09 Å². The predicted molar refractivity (Wildman–Crippen MR) is 185 cm³/mol. The number of aryl methyl sites for hydroxylation is 1. The SMILES string of the molecule is COC1CCN(c2nccc(Nc3cc(NC(C)C)c(NC(=O)COCCC4CNCCN4C(=O)Oc4ccc(C)cc4)cn3)n2)CC1. The lowest BCUT2D eigenvalue weighted by Gasteiger charge is -2.35. The van der Waals surface area contributed by atoms with Crippen LogP contribution in [0.1, 0.15) is 38.7 Å². The summed E-state index contributed by atoms with van der Waals surface area (Å²) in [7, 11) is 1.75. The summed E-state index contributed by atoms with van der Waals surface area (Å²) >= 11 is 0. The number of piperazine rings is 1.